The third-order valence-electron chi connectivity index (χ3n) is 0.227. The number of hydrogen-bond donors (Lipinski definition) is 1. The monoisotopic (exact) mass is 88.1 g/mol. The molecule has 0 atom stereocenters. The van der Waals surface area contributed by atoms with Crippen molar-refractivity contribution in [2.45, 2.75) is 0 Å². The van der Waals surface area contributed by atoms with Crippen LogP contribution in [0, 0.1) is 0 Å². The summed E-state index contributed by atoms with van der Waals surface area (Å²) in [6.07, 6.45) is 2.14. The first-order valence-corrected chi connectivity index (χ1v) is 1.33. The molecule has 0 fully saturated rings. The molecule has 0 amide bonds. The van der Waals surface area contributed by atoms with E-state index in [0.29, 0.717) is 0 Å². The summed E-state index contributed by atoms with van der Waals surface area (Å²) in [5, 5.41) is 3.01. The second kappa shape index (κ2) is 4.14. The highest BCUT2D eigenvalue weighted by molar-refractivity contribution is 6.15. The number of hydrogen-bond acceptors (Lipinski definition) is 3. The third-order valence-corrected chi connectivity index (χ3v) is 0.227. The summed E-state index contributed by atoms with van der Waals surface area (Å²) in [5.41, 5.74) is 0. The number of nitrogens with two attached hydrogens (primary N) is 1. The summed E-state index contributed by atoms with van der Waals surface area (Å²) < 4.78 is 19.6. The Labute approximate surface area is 40.8 Å². The molecule has 0 aliphatic carbocycles. The average molecular weight is 88.1 g/mol. The van der Waals surface area contributed by atoms with Crippen LogP contribution < -0.4 is 5.84 Å². The molecule has 0 radical (unpaired) electrons. The van der Waals surface area contributed by atoms with Crippen molar-refractivity contribution >= 4 is 12.4 Å². The third kappa shape index (κ3) is 3.14. The van der Waals surface area contributed by atoms with E-state index in [9.17, 15) is 0 Å². The quantitative estimate of drug-likeness (QED) is 0.265. The van der Waals surface area contributed by atoms with Crippen molar-refractivity contribution in [2.75, 3.05) is 6.98 Å². The summed E-state index contributed by atoms with van der Waals surface area (Å²) >= 11 is 0. The smallest absolute Gasteiger partial charge is 0.0643 e. The predicted octanol–water partition coefficient (Wildman–Crippen LogP) is -0.368. The standard InChI is InChI=1S/C3H7N3/c1-5-2-3-6-4/h2-3H,4H2,1H3/b5-2?,6-3-/i1D3. The first-order chi connectivity index (χ1) is 4.06. The normalized spacial score (nSPS) is 21.0. The van der Waals surface area contributed by atoms with E-state index in [0.717, 1.165) is 12.4 Å². The average Bonchev–Trinajstić information content (AvgIpc) is 1.63. The Bertz CT molecular complexity index is 125. The van der Waals surface area contributed by atoms with Crippen molar-refractivity contribution in [3.63, 3.8) is 0 Å². The Kier molecular flexibility index (Phi) is 1.19. The number of aliphatic imine (C=N–C) groups is 1. The summed E-state index contributed by atoms with van der Waals surface area (Å²) in [6.45, 7) is -2.28. The fraction of sp³-hybridized carbons (Fsp3) is 0.333. The number of nitrogens with zero attached hydrogens (tertiary/aromatic N) is 2. The lowest BCUT2D eigenvalue weighted by Crippen LogP contribution is -1.81. The van der Waals surface area contributed by atoms with Crippen LogP contribution in [-0.4, -0.2) is 19.4 Å². The van der Waals surface area contributed by atoms with E-state index >= 15 is 0 Å². The largest absolute Gasteiger partial charge is 0.323 e. The summed E-state index contributed by atoms with van der Waals surface area (Å²) in [6, 6.07) is 0. The molecule has 3 heteroatoms. The Morgan fingerprint density at radius 1 is 1.83 bits per heavy atom. The molecule has 0 aromatic rings. The van der Waals surface area contributed by atoms with E-state index in [4.69, 9.17) is 4.11 Å². The first kappa shape index (κ1) is 1.73. The minimum Gasteiger partial charge on any atom is -0.323 e. The van der Waals surface area contributed by atoms with Gasteiger partial charge in [-0.2, -0.15) is 5.10 Å². The molecule has 0 bridgehead atoms. The van der Waals surface area contributed by atoms with Gasteiger partial charge in [0.1, 0.15) is 0 Å². The maximum atomic E-state index is 6.54. The van der Waals surface area contributed by atoms with Gasteiger partial charge in [0.05, 0.1) is 6.21 Å². The van der Waals surface area contributed by atoms with Crippen LogP contribution in [0.1, 0.15) is 4.11 Å². The number of hydrazone groups is 1. The number of rotatable bonds is 1. The van der Waals surface area contributed by atoms with Gasteiger partial charge in [-0.05, 0) is 0 Å². The van der Waals surface area contributed by atoms with Crippen molar-refractivity contribution in [3.05, 3.63) is 0 Å². The molecule has 0 saturated heterocycles. The fourth-order valence-corrected chi connectivity index (χ4v) is 0.0718. The van der Waals surface area contributed by atoms with Gasteiger partial charge in [0.25, 0.3) is 0 Å². The maximum Gasteiger partial charge on any atom is 0.0643 e. The molecular weight excluding hydrogens is 78.1 g/mol. The second-order valence-corrected chi connectivity index (χ2v) is 0.576. The van der Waals surface area contributed by atoms with Crippen molar-refractivity contribution in [2.24, 2.45) is 15.9 Å². The molecule has 34 valence electrons. The minimum absolute atomic E-state index is 1.03. The van der Waals surface area contributed by atoms with Gasteiger partial charge in [0.15, 0.2) is 0 Å². The molecule has 0 aliphatic rings. The summed E-state index contributed by atoms with van der Waals surface area (Å²) in [4.78, 5) is 3.09. The Morgan fingerprint density at radius 3 is 3.17 bits per heavy atom. The molecular formula is C3H7N3. The van der Waals surface area contributed by atoms with Gasteiger partial charge in [-0.1, -0.05) is 0 Å². The van der Waals surface area contributed by atoms with Gasteiger partial charge in [-0.3, -0.25) is 4.99 Å². The summed E-state index contributed by atoms with van der Waals surface area (Å²) in [7, 11) is 0. The first-order valence-electron chi connectivity index (χ1n) is 2.83. The molecule has 0 unspecified atom stereocenters. The molecule has 0 spiro atoms. The van der Waals surface area contributed by atoms with Gasteiger partial charge in [-0.15, -0.1) is 0 Å². The zero-order chi connectivity index (χ0) is 7.33. The van der Waals surface area contributed by atoms with Gasteiger partial charge >= 0.3 is 0 Å². The van der Waals surface area contributed by atoms with E-state index in [1.165, 1.54) is 0 Å². The van der Waals surface area contributed by atoms with Crippen molar-refractivity contribution in [1.29, 1.82) is 0 Å². The Morgan fingerprint density at radius 2 is 2.67 bits per heavy atom. The van der Waals surface area contributed by atoms with E-state index in [-0.39, 0.29) is 0 Å². The van der Waals surface area contributed by atoms with Crippen molar-refractivity contribution < 1.29 is 4.11 Å². The molecule has 0 saturated carbocycles. The summed E-state index contributed by atoms with van der Waals surface area (Å²) in [5.74, 6) is 4.65. The highest BCUT2D eigenvalue weighted by Gasteiger charge is 1.50. The second-order valence-electron chi connectivity index (χ2n) is 0.576. The van der Waals surface area contributed by atoms with E-state index in [1.54, 1.807) is 0 Å². The Balaban J connectivity index is 3.71. The lowest BCUT2D eigenvalue weighted by Gasteiger charge is -1.64. The van der Waals surface area contributed by atoms with Gasteiger partial charge in [0.2, 0.25) is 0 Å². The molecule has 3 nitrogen and oxygen atoms in total. The van der Waals surface area contributed by atoms with Crippen LogP contribution in [0.3, 0.4) is 0 Å². The highest BCUT2D eigenvalue weighted by Crippen LogP contribution is 1.43. The highest BCUT2D eigenvalue weighted by atomic mass is 15.1. The molecule has 0 rings (SSSR count). The zero-order valence-corrected chi connectivity index (χ0v) is 3.13. The van der Waals surface area contributed by atoms with E-state index < -0.39 is 6.98 Å². The lowest BCUT2D eigenvalue weighted by atomic mass is 10.8. The molecule has 6 heavy (non-hydrogen) atoms. The predicted molar refractivity (Wildman–Crippen MR) is 27.1 cm³/mol. The minimum atomic E-state index is -2.28. The zero-order valence-electron chi connectivity index (χ0n) is 6.13. The maximum absolute atomic E-state index is 6.54. The lowest BCUT2D eigenvalue weighted by molar-refractivity contribution is 1.27. The van der Waals surface area contributed by atoms with Crippen LogP contribution >= 0.6 is 0 Å². The van der Waals surface area contributed by atoms with Crippen LogP contribution in [0.25, 0.3) is 0 Å². The topological polar surface area (TPSA) is 50.7 Å². The van der Waals surface area contributed by atoms with Gasteiger partial charge in [0, 0.05) is 17.3 Å². The van der Waals surface area contributed by atoms with Crippen LogP contribution in [0.5, 0.6) is 0 Å². The molecule has 0 aliphatic heterocycles. The van der Waals surface area contributed by atoms with Crippen molar-refractivity contribution in [3.8, 4) is 0 Å². The van der Waals surface area contributed by atoms with Crippen LogP contribution in [0.15, 0.2) is 10.1 Å². The van der Waals surface area contributed by atoms with Crippen LogP contribution in [-0.2, 0) is 0 Å². The fourth-order valence-electron chi connectivity index (χ4n) is 0.0718. The molecule has 0 aromatic heterocycles. The molecule has 0 heterocycles. The SMILES string of the molecule is [2H]C([2H])([2H])N=C/C=N\N. The van der Waals surface area contributed by atoms with Gasteiger partial charge in [-0.25, -0.2) is 0 Å². The van der Waals surface area contributed by atoms with E-state index in [1.807, 2.05) is 0 Å². The van der Waals surface area contributed by atoms with Gasteiger partial charge < -0.3 is 5.84 Å². The van der Waals surface area contributed by atoms with Crippen LogP contribution in [0.2, 0.25) is 0 Å². The molecule has 0 aromatic carbocycles. The van der Waals surface area contributed by atoms with E-state index in [2.05, 4.69) is 15.9 Å². The Hall–Kier alpha value is -0.860. The van der Waals surface area contributed by atoms with Crippen LogP contribution in [0.4, 0.5) is 0 Å². The molecule has 2 N–H and O–H groups in total. The van der Waals surface area contributed by atoms with Crippen molar-refractivity contribution in [1.82, 2.24) is 0 Å².